The molecule has 16 heavy (non-hydrogen) atoms. The van der Waals surface area contributed by atoms with Crippen LogP contribution in [0.5, 0.6) is 0 Å². The molecule has 0 bridgehead atoms. The summed E-state index contributed by atoms with van der Waals surface area (Å²) in [6, 6.07) is 1.72. The smallest absolute Gasteiger partial charge is 0.324 e. The number of nitrogens with one attached hydrogen (secondary N) is 1. The predicted octanol–water partition coefficient (Wildman–Crippen LogP) is 0.125. The van der Waals surface area contributed by atoms with Crippen molar-refractivity contribution in [1.82, 2.24) is 10.2 Å². The van der Waals surface area contributed by atoms with Gasteiger partial charge in [-0.1, -0.05) is 6.92 Å². The lowest BCUT2D eigenvalue weighted by molar-refractivity contribution is -0.150. The molecule has 0 amide bonds. The van der Waals surface area contributed by atoms with E-state index < -0.39 is 0 Å². The maximum absolute atomic E-state index is 11.7. The SMILES string of the molecule is CCOC(=O)C1CNCCN1C(C#N)CC. The highest BCUT2D eigenvalue weighted by atomic mass is 16.5. The van der Waals surface area contributed by atoms with Crippen LogP contribution in [0.4, 0.5) is 0 Å². The fourth-order valence-corrected chi connectivity index (χ4v) is 1.95. The third-order valence-electron chi connectivity index (χ3n) is 2.78. The third kappa shape index (κ3) is 2.94. The molecule has 2 atom stereocenters. The number of carbonyl (C=O) groups excluding carboxylic acids is 1. The van der Waals surface area contributed by atoms with Gasteiger partial charge in [0.25, 0.3) is 0 Å². The average Bonchev–Trinajstić information content (AvgIpc) is 2.31. The fraction of sp³-hybridized carbons (Fsp3) is 0.818. The minimum absolute atomic E-state index is 0.198. The molecule has 1 fully saturated rings. The Bertz CT molecular complexity index is 275. The molecule has 5 nitrogen and oxygen atoms in total. The molecule has 0 aliphatic carbocycles. The first kappa shape index (κ1) is 12.9. The van der Waals surface area contributed by atoms with Crippen LogP contribution >= 0.6 is 0 Å². The molecule has 0 aromatic heterocycles. The summed E-state index contributed by atoms with van der Waals surface area (Å²) < 4.78 is 5.02. The van der Waals surface area contributed by atoms with Crippen molar-refractivity contribution >= 4 is 5.97 Å². The van der Waals surface area contributed by atoms with E-state index in [-0.39, 0.29) is 18.1 Å². The van der Waals surface area contributed by atoms with Gasteiger partial charge >= 0.3 is 5.97 Å². The van der Waals surface area contributed by atoms with Gasteiger partial charge in [0.05, 0.1) is 18.7 Å². The van der Waals surface area contributed by atoms with Crippen molar-refractivity contribution in [2.75, 3.05) is 26.2 Å². The Kier molecular flexibility index (Phi) is 5.23. The van der Waals surface area contributed by atoms with Crippen LogP contribution in [-0.4, -0.2) is 49.2 Å². The Labute approximate surface area is 96.4 Å². The fourth-order valence-electron chi connectivity index (χ4n) is 1.95. The maximum atomic E-state index is 11.7. The molecule has 0 spiro atoms. The summed E-state index contributed by atoms with van der Waals surface area (Å²) in [6.45, 7) is 6.23. The van der Waals surface area contributed by atoms with Crippen LogP contribution in [0, 0.1) is 11.3 Å². The summed E-state index contributed by atoms with van der Waals surface area (Å²) in [6.07, 6.45) is 0.729. The molecular weight excluding hydrogens is 206 g/mol. The molecular formula is C11H19N3O2. The van der Waals surface area contributed by atoms with Gasteiger partial charge in [-0.15, -0.1) is 0 Å². The lowest BCUT2D eigenvalue weighted by atomic mass is 10.1. The number of rotatable bonds is 4. The number of hydrogen-bond donors (Lipinski definition) is 1. The summed E-state index contributed by atoms with van der Waals surface area (Å²) in [5.41, 5.74) is 0. The van der Waals surface area contributed by atoms with Gasteiger partial charge in [0, 0.05) is 19.6 Å². The normalized spacial score (nSPS) is 23.4. The Balaban J connectivity index is 2.70. The van der Waals surface area contributed by atoms with Crippen LogP contribution in [0.3, 0.4) is 0 Å². The zero-order chi connectivity index (χ0) is 12.0. The lowest BCUT2D eigenvalue weighted by Crippen LogP contribution is -2.58. The number of esters is 1. The van der Waals surface area contributed by atoms with E-state index in [0.29, 0.717) is 13.2 Å². The van der Waals surface area contributed by atoms with Gasteiger partial charge in [-0.25, -0.2) is 0 Å². The number of hydrogen-bond acceptors (Lipinski definition) is 5. The highest BCUT2D eigenvalue weighted by Gasteiger charge is 2.33. The highest BCUT2D eigenvalue weighted by Crippen LogP contribution is 2.12. The number of ether oxygens (including phenoxy) is 1. The van der Waals surface area contributed by atoms with E-state index in [0.717, 1.165) is 19.5 Å². The van der Waals surface area contributed by atoms with Crippen LogP contribution in [0.15, 0.2) is 0 Å². The summed E-state index contributed by atoms with van der Waals surface area (Å²) in [5.74, 6) is -0.233. The predicted molar refractivity (Wildman–Crippen MR) is 59.7 cm³/mol. The van der Waals surface area contributed by atoms with Gasteiger partial charge in [0.15, 0.2) is 0 Å². The van der Waals surface area contributed by atoms with E-state index >= 15 is 0 Å². The molecule has 5 heteroatoms. The lowest BCUT2D eigenvalue weighted by Gasteiger charge is -2.36. The molecule has 1 N–H and O–H groups in total. The van der Waals surface area contributed by atoms with Gasteiger partial charge in [-0.3, -0.25) is 9.69 Å². The Hall–Kier alpha value is -1.12. The second-order valence-corrected chi connectivity index (χ2v) is 3.76. The van der Waals surface area contributed by atoms with Gasteiger partial charge in [0.2, 0.25) is 0 Å². The zero-order valence-corrected chi connectivity index (χ0v) is 9.90. The molecule has 1 rings (SSSR count). The van der Waals surface area contributed by atoms with E-state index in [9.17, 15) is 4.79 Å². The first-order valence-electron chi connectivity index (χ1n) is 5.77. The van der Waals surface area contributed by atoms with Gasteiger partial charge < -0.3 is 10.1 Å². The summed E-state index contributed by atoms with van der Waals surface area (Å²) >= 11 is 0. The molecule has 0 saturated carbocycles. The first-order chi connectivity index (χ1) is 7.74. The van der Waals surface area contributed by atoms with Gasteiger partial charge in [-0.05, 0) is 13.3 Å². The maximum Gasteiger partial charge on any atom is 0.324 e. The summed E-state index contributed by atoms with van der Waals surface area (Å²) in [7, 11) is 0. The molecule has 1 aliphatic heterocycles. The summed E-state index contributed by atoms with van der Waals surface area (Å²) in [5, 5.41) is 12.2. The Morgan fingerprint density at radius 1 is 1.69 bits per heavy atom. The van der Waals surface area contributed by atoms with E-state index in [2.05, 4.69) is 11.4 Å². The van der Waals surface area contributed by atoms with Gasteiger partial charge in [0.1, 0.15) is 6.04 Å². The molecule has 2 unspecified atom stereocenters. The Morgan fingerprint density at radius 3 is 3.00 bits per heavy atom. The molecule has 0 aromatic carbocycles. The zero-order valence-electron chi connectivity index (χ0n) is 9.90. The van der Waals surface area contributed by atoms with Crippen molar-refractivity contribution in [2.45, 2.75) is 32.4 Å². The molecule has 1 saturated heterocycles. The Morgan fingerprint density at radius 2 is 2.44 bits per heavy atom. The van der Waals surface area contributed by atoms with Crippen LogP contribution in [0.25, 0.3) is 0 Å². The van der Waals surface area contributed by atoms with Crippen molar-refractivity contribution in [2.24, 2.45) is 0 Å². The number of piperazine rings is 1. The molecule has 0 aromatic rings. The van der Waals surface area contributed by atoms with Crippen molar-refractivity contribution in [3.05, 3.63) is 0 Å². The average molecular weight is 225 g/mol. The van der Waals surface area contributed by atoms with Crippen molar-refractivity contribution in [3.8, 4) is 6.07 Å². The first-order valence-corrected chi connectivity index (χ1v) is 5.77. The van der Waals surface area contributed by atoms with E-state index in [4.69, 9.17) is 10.00 Å². The van der Waals surface area contributed by atoms with Crippen LogP contribution in [-0.2, 0) is 9.53 Å². The molecule has 0 radical (unpaired) electrons. The third-order valence-corrected chi connectivity index (χ3v) is 2.78. The van der Waals surface area contributed by atoms with E-state index in [1.165, 1.54) is 0 Å². The van der Waals surface area contributed by atoms with E-state index in [1.54, 1.807) is 6.92 Å². The molecule has 90 valence electrons. The second kappa shape index (κ2) is 6.46. The topological polar surface area (TPSA) is 65.4 Å². The van der Waals surface area contributed by atoms with Crippen LogP contribution in [0.1, 0.15) is 20.3 Å². The second-order valence-electron chi connectivity index (χ2n) is 3.76. The molecule has 1 aliphatic rings. The van der Waals surface area contributed by atoms with Crippen LogP contribution < -0.4 is 5.32 Å². The largest absolute Gasteiger partial charge is 0.465 e. The van der Waals surface area contributed by atoms with Crippen LogP contribution in [0.2, 0.25) is 0 Å². The minimum atomic E-state index is -0.321. The van der Waals surface area contributed by atoms with Crippen molar-refractivity contribution in [3.63, 3.8) is 0 Å². The van der Waals surface area contributed by atoms with Crippen molar-refractivity contribution in [1.29, 1.82) is 5.26 Å². The number of nitriles is 1. The van der Waals surface area contributed by atoms with Gasteiger partial charge in [-0.2, -0.15) is 5.26 Å². The standard InChI is InChI=1S/C11H19N3O2/c1-3-9(7-12)14-6-5-13-8-10(14)11(15)16-4-2/h9-10,13H,3-6,8H2,1-2H3. The highest BCUT2D eigenvalue weighted by molar-refractivity contribution is 5.76. The minimum Gasteiger partial charge on any atom is -0.465 e. The quantitative estimate of drug-likeness (QED) is 0.689. The van der Waals surface area contributed by atoms with E-state index in [1.807, 2.05) is 11.8 Å². The monoisotopic (exact) mass is 225 g/mol. The van der Waals surface area contributed by atoms with Crippen molar-refractivity contribution < 1.29 is 9.53 Å². The molecule has 1 heterocycles. The summed E-state index contributed by atoms with van der Waals surface area (Å²) in [4.78, 5) is 13.7. The number of nitrogens with zero attached hydrogens (tertiary/aromatic N) is 2. The number of carbonyl (C=O) groups is 1.